The molecule has 0 fully saturated rings. The third-order valence-corrected chi connectivity index (χ3v) is 6.87. The molecule has 0 heterocycles. The molecule has 0 bridgehead atoms. The van der Waals surface area contributed by atoms with Gasteiger partial charge in [-0.3, -0.25) is 0 Å². The second-order valence-corrected chi connectivity index (χ2v) is 10.1. The molecule has 6 heteroatoms. The Morgan fingerprint density at radius 1 is 0.579 bits per heavy atom. The summed E-state index contributed by atoms with van der Waals surface area (Å²) < 4.78 is 0. The van der Waals surface area contributed by atoms with Crippen molar-refractivity contribution in [3.63, 3.8) is 0 Å². The largest absolute Gasteiger partial charge is 0.478 e. The maximum absolute atomic E-state index is 12.8. The number of hydrogen-bond acceptors (Lipinski definition) is 3. The molecule has 3 rings (SSSR count). The Labute approximate surface area is 224 Å². The van der Waals surface area contributed by atoms with E-state index in [0.29, 0.717) is 17.9 Å². The van der Waals surface area contributed by atoms with Crippen molar-refractivity contribution in [2.75, 3.05) is 0 Å². The van der Waals surface area contributed by atoms with Crippen LogP contribution in [0.1, 0.15) is 105 Å². The van der Waals surface area contributed by atoms with Gasteiger partial charge < -0.3 is 15.3 Å². The van der Waals surface area contributed by atoms with Gasteiger partial charge in [0, 0.05) is 0 Å². The summed E-state index contributed by atoms with van der Waals surface area (Å²) in [5.74, 6) is -3.42. The first-order valence-corrected chi connectivity index (χ1v) is 13.2. The Hall–Kier alpha value is -3.93. The zero-order valence-electron chi connectivity index (χ0n) is 22.1. The molecule has 0 radical (unpaired) electrons. The maximum Gasteiger partial charge on any atom is 0.336 e. The van der Waals surface area contributed by atoms with Gasteiger partial charge in [0.15, 0.2) is 0 Å². The summed E-state index contributed by atoms with van der Waals surface area (Å²) in [5, 5.41) is 30.9. The van der Waals surface area contributed by atoms with Crippen molar-refractivity contribution in [2.45, 2.75) is 65.2 Å². The van der Waals surface area contributed by atoms with Crippen molar-refractivity contribution in [1.82, 2.24) is 0 Å². The topological polar surface area (TPSA) is 112 Å². The second kappa shape index (κ2) is 13.6. The molecule has 0 saturated heterocycles. The first-order chi connectivity index (χ1) is 18.2. The molecule has 0 atom stereocenters. The van der Waals surface area contributed by atoms with E-state index in [9.17, 15) is 29.7 Å². The minimum absolute atomic E-state index is 0.0793. The normalized spacial score (nSPS) is 11.0. The molecule has 0 saturated carbocycles. The lowest BCUT2D eigenvalue weighted by molar-refractivity contribution is 0.0646. The first-order valence-electron chi connectivity index (χ1n) is 13.2. The number of rotatable bonds is 14. The average molecular weight is 517 g/mol. The summed E-state index contributed by atoms with van der Waals surface area (Å²) >= 11 is 0. The molecule has 0 unspecified atom stereocenters. The van der Waals surface area contributed by atoms with E-state index < -0.39 is 23.5 Å². The number of benzene rings is 3. The lowest BCUT2D eigenvalue weighted by Gasteiger charge is -2.23. The van der Waals surface area contributed by atoms with Crippen molar-refractivity contribution in [3.8, 4) is 0 Å². The maximum atomic E-state index is 12.8. The highest BCUT2D eigenvalue weighted by Crippen LogP contribution is 2.34. The van der Waals surface area contributed by atoms with E-state index in [1.807, 2.05) is 60.7 Å². The van der Waals surface area contributed by atoms with Gasteiger partial charge in [-0.15, -0.1) is 0 Å². The van der Waals surface area contributed by atoms with Crippen LogP contribution in [-0.2, 0) is 19.3 Å². The van der Waals surface area contributed by atoms with E-state index in [-0.39, 0.29) is 41.5 Å². The average Bonchev–Trinajstić information content (AvgIpc) is 2.87. The van der Waals surface area contributed by atoms with Crippen LogP contribution in [0.15, 0.2) is 60.7 Å². The number of aromatic carboxylic acids is 3. The molecular formula is C32H36O6. The molecule has 0 aromatic heterocycles. The lowest BCUT2D eigenvalue weighted by atomic mass is 9.80. The molecule has 0 amide bonds. The highest BCUT2D eigenvalue weighted by molar-refractivity contribution is 6.07. The summed E-state index contributed by atoms with van der Waals surface area (Å²) in [4.78, 5) is 38.0. The van der Waals surface area contributed by atoms with Crippen LogP contribution in [0.4, 0.5) is 0 Å². The summed E-state index contributed by atoms with van der Waals surface area (Å²) in [5.41, 5.74) is 1.51. The Kier molecular flexibility index (Phi) is 10.2. The summed E-state index contributed by atoms with van der Waals surface area (Å²) in [6.45, 7) is 4.33. The van der Waals surface area contributed by atoms with Gasteiger partial charge in [-0.1, -0.05) is 100 Å². The number of carboxylic acids is 3. The molecule has 0 aliphatic heterocycles. The number of carbonyl (C=O) groups is 3. The monoisotopic (exact) mass is 516 g/mol. The minimum atomic E-state index is -1.42. The third-order valence-electron chi connectivity index (χ3n) is 6.87. The van der Waals surface area contributed by atoms with Crippen molar-refractivity contribution < 1.29 is 29.7 Å². The predicted octanol–water partition coefficient (Wildman–Crippen LogP) is 7.11. The van der Waals surface area contributed by atoms with Crippen molar-refractivity contribution in [2.24, 2.45) is 5.92 Å². The van der Waals surface area contributed by atoms with Crippen LogP contribution in [0.3, 0.4) is 0 Å². The van der Waals surface area contributed by atoms with E-state index in [1.165, 1.54) is 0 Å². The predicted molar refractivity (Wildman–Crippen MR) is 147 cm³/mol. The van der Waals surface area contributed by atoms with Crippen molar-refractivity contribution >= 4 is 17.9 Å². The van der Waals surface area contributed by atoms with E-state index in [2.05, 4.69) is 13.8 Å². The number of unbranched alkanes of at least 4 members (excludes halogenated alkanes) is 3. The lowest BCUT2D eigenvalue weighted by Crippen LogP contribution is -2.22. The molecule has 0 aliphatic rings. The fourth-order valence-electron chi connectivity index (χ4n) is 5.09. The molecule has 200 valence electrons. The van der Waals surface area contributed by atoms with Crippen LogP contribution in [-0.4, -0.2) is 33.2 Å². The third kappa shape index (κ3) is 7.31. The van der Waals surface area contributed by atoms with Crippen molar-refractivity contribution in [1.29, 1.82) is 0 Å². The van der Waals surface area contributed by atoms with Crippen LogP contribution in [0.2, 0.25) is 0 Å². The van der Waals surface area contributed by atoms with Gasteiger partial charge in [0.1, 0.15) is 0 Å². The Morgan fingerprint density at radius 3 is 1.45 bits per heavy atom. The standard InChI is InChI=1S/C32H36O6/c1-21(2)13-7-3-4-12-18-24-27(30(33)34)25(19-22-14-8-5-9-15-22)26(20-23-16-10-6-11-17-23)29(32(37)38)28(24)31(35)36/h5-6,8-11,14-17,21H,3-4,7,12-13,18-20H2,1-2H3,(H,33,34)(H,35,36)(H,37,38). The highest BCUT2D eigenvalue weighted by Gasteiger charge is 2.32. The van der Waals surface area contributed by atoms with Gasteiger partial charge in [-0.2, -0.15) is 0 Å². The van der Waals surface area contributed by atoms with E-state index in [4.69, 9.17) is 0 Å². The van der Waals surface area contributed by atoms with Crippen LogP contribution >= 0.6 is 0 Å². The van der Waals surface area contributed by atoms with Gasteiger partial charge in [0.2, 0.25) is 0 Å². The smallest absolute Gasteiger partial charge is 0.336 e. The van der Waals surface area contributed by atoms with Gasteiger partial charge in [-0.05, 0) is 59.4 Å². The van der Waals surface area contributed by atoms with Gasteiger partial charge in [0.05, 0.1) is 16.7 Å². The Balaban J connectivity index is 2.21. The zero-order valence-corrected chi connectivity index (χ0v) is 22.1. The molecule has 38 heavy (non-hydrogen) atoms. The highest BCUT2D eigenvalue weighted by atomic mass is 16.4. The molecule has 3 N–H and O–H groups in total. The Bertz CT molecular complexity index is 1260. The molecular weight excluding hydrogens is 480 g/mol. The zero-order chi connectivity index (χ0) is 27.7. The molecule has 3 aromatic carbocycles. The second-order valence-electron chi connectivity index (χ2n) is 10.1. The fourth-order valence-corrected chi connectivity index (χ4v) is 5.09. The number of hydrogen-bond donors (Lipinski definition) is 3. The number of carboxylic acid groups (broad SMARTS) is 3. The summed E-state index contributed by atoms with van der Waals surface area (Å²) in [6, 6.07) is 18.4. The van der Waals surface area contributed by atoms with E-state index in [1.54, 1.807) is 0 Å². The van der Waals surface area contributed by atoms with Crippen LogP contribution < -0.4 is 0 Å². The summed E-state index contributed by atoms with van der Waals surface area (Å²) in [7, 11) is 0. The first kappa shape index (κ1) is 28.6. The molecule has 0 aliphatic carbocycles. The van der Waals surface area contributed by atoms with Crippen LogP contribution in [0.5, 0.6) is 0 Å². The van der Waals surface area contributed by atoms with Crippen LogP contribution in [0, 0.1) is 5.92 Å². The quantitative estimate of drug-likeness (QED) is 0.197. The minimum Gasteiger partial charge on any atom is -0.478 e. The van der Waals surface area contributed by atoms with Gasteiger partial charge in [-0.25, -0.2) is 14.4 Å². The van der Waals surface area contributed by atoms with Gasteiger partial charge in [0.25, 0.3) is 0 Å². The van der Waals surface area contributed by atoms with Crippen LogP contribution in [0.25, 0.3) is 0 Å². The molecule has 3 aromatic rings. The van der Waals surface area contributed by atoms with E-state index >= 15 is 0 Å². The summed E-state index contributed by atoms with van der Waals surface area (Å²) in [6.07, 6.45) is 4.99. The SMILES string of the molecule is CC(C)CCCCCCc1c(C(=O)O)c(Cc2ccccc2)c(Cc2ccccc2)c(C(=O)O)c1C(=O)O. The molecule has 0 spiro atoms. The fraction of sp³-hybridized carbons (Fsp3) is 0.344. The van der Waals surface area contributed by atoms with E-state index in [0.717, 1.165) is 36.8 Å². The van der Waals surface area contributed by atoms with Crippen molar-refractivity contribution in [3.05, 3.63) is 105 Å². The Morgan fingerprint density at radius 2 is 1.00 bits per heavy atom. The molecule has 6 nitrogen and oxygen atoms in total. The van der Waals surface area contributed by atoms with Gasteiger partial charge >= 0.3 is 17.9 Å².